The van der Waals surface area contributed by atoms with Gasteiger partial charge in [-0.15, -0.1) is 0 Å². The Kier molecular flexibility index (Phi) is 4.58. The van der Waals surface area contributed by atoms with Crippen molar-refractivity contribution in [3.8, 4) is 0 Å². The van der Waals surface area contributed by atoms with Crippen molar-refractivity contribution in [2.75, 3.05) is 19.7 Å². The summed E-state index contributed by atoms with van der Waals surface area (Å²) in [5.74, 6) is 0.458. The predicted octanol–water partition coefficient (Wildman–Crippen LogP) is 0.892. The van der Waals surface area contributed by atoms with Crippen LogP contribution in [0.2, 0.25) is 0 Å². The smallest absolute Gasteiger partial charge is 0.222 e. The molecule has 0 aliphatic carbocycles. The molecule has 1 aromatic rings. The van der Waals surface area contributed by atoms with Gasteiger partial charge in [-0.05, 0) is 37.7 Å². The van der Waals surface area contributed by atoms with Crippen molar-refractivity contribution in [1.29, 1.82) is 0 Å². The highest BCUT2D eigenvalue weighted by atomic mass is 16.3. The maximum atomic E-state index is 12.2. The number of carbonyl (C=O) groups excluding carboxylic acids is 1. The highest BCUT2D eigenvalue weighted by Crippen LogP contribution is 2.17. The second kappa shape index (κ2) is 6.19. The third kappa shape index (κ3) is 3.56. The standard InChI is InChI=1S/C14H23N3O2/c1-11-13(9-16(2)15-11)5-6-14(19)17-7-3-4-12(8-17)10-18/h9,12,18H,3-8,10H2,1-2H3. The molecule has 1 atom stereocenters. The molecule has 1 aliphatic rings. The number of carbonyl (C=O) groups is 1. The number of rotatable bonds is 4. The number of aliphatic hydroxyl groups excluding tert-OH is 1. The lowest BCUT2D eigenvalue weighted by molar-refractivity contribution is -0.133. The summed E-state index contributed by atoms with van der Waals surface area (Å²) in [6.07, 6.45) is 5.30. The Balaban J connectivity index is 1.85. The highest BCUT2D eigenvalue weighted by Gasteiger charge is 2.22. The zero-order chi connectivity index (χ0) is 13.8. The Morgan fingerprint density at radius 2 is 2.37 bits per heavy atom. The predicted molar refractivity (Wildman–Crippen MR) is 72.7 cm³/mol. The van der Waals surface area contributed by atoms with Gasteiger partial charge < -0.3 is 10.0 Å². The van der Waals surface area contributed by atoms with E-state index in [1.54, 1.807) is 4.68 Å². The first kappa shape index (κ1) is 14.1. The van der Waals surface area contributed by atoms with Gasteiger partial charge in [0.15, 0.2) is 0 Å². The fourth-order valence-electron chi connectivity index (χ4n) is 2.73. The Bertz CT molecular complexity index is 442. The largest absolute Gasteiger partial charge is 0.396 e. The minimum Gasteiger partial charge on any atom is -0.396 e. The molecule has 0 bridgehead atoms. The Hall–Kier alpha value is -1.36. The first-order valence-corrected chi connectivity index (χ1v) is 6.98. The van der Waals surface area contributed by atoms with Gasteiger partial charge in [-0.3, -0.25) is 9.48 Å². The topological polar surface area (TPSA) is 58.4 Å². The number of aryl methyl sites for hydroxylation is 3. The van der Waals surface area contributed by atoms with Gasteiger partial charge in [0.2, 0.25) is 5.91 Å². The van der Waals surface area contributed by atoms with Crippen LogP contribution in [0.3, 0.4) is 0 Å². The van der Waals surface area contributed by atoms with Crippen LogP contribution in [0, 0.1) is 12.8 Å². The van der Waals surface area contributed by atoms with Gasteiger partial charge in [0.1, 0.15) is 0 Å². The van der Waals surface area contributed by atoms with E-state index in [1.165, 1.54) is 0 Å². The fourth-order valence-corrected chi connectivity index (χ4v) is 2.73. The number of piperidine rings is 1. The number of likely N-dealkylation sites (tertiary alicyclic amines) is 1. The van der Waals surface area contributed by atoms with Gasteiger partial charge >= 0.3 is 0 Å². The zero-order valence-electron chi connectivity index (χ0n) is 11.8. The molecular weight excluding hydrogens is 242 g/mol. The van der Waals surface area contributed by atoms with E-state index in [9.17, 15) is 9.90 Å². The van der Waals surface area contributed by atoms with Crippen molar-refractivity contribution < 1.29 is 9.90 Å². The molecule has 1 fully saturated rings. The minimum atomic E-state index is 0.186. The van der Waals surface area contributed by atoms with Gasteiger partial charge in [0, 0.05) is 39.4 Å². The van der Waals surface area contributed by atoms with Crippen LogP contribution in [0.15, 0.2) is 6.20 Å². The molecule has 1 unspecified atom stereocenters. The van der Waals surface area contributed by atoms with Gasteiger partial charge in [0.25, 0.3) is 0 Å². The van der Waals surface area contributed by atoms with Crippen LogP contribution in [-0.4, -0.2) is 45.4 Å². The SMILES string of the molecule is Cc1nn(C)cc1CCC(=O)N1CCCC(CO)C1. The average molecular weight is 265 g/mol. The van der Waals surface area contributed by atoms with E-state index < -0.39 is 0 Å². The number of hydrogen-bond donors (Lipinski definition) is 1. The number of amides is 1. The molecule has 5 nitrogen and oxygen atoms in total. The van der Waals surface area contributed by atoms with E-state index in [2.05, 4.69) is 5.10 Å². The second-order valence-electron chi connectivity index (χ2n) is 5.44. The lowest BCUT2D eigenvalue weighted by atomic mass is 9.98. The van der Waals surface area contributed by atoms with Crippen LogP contribution in [0.1, 0.15) is 30.5 Å². The molecule has 0 aromatic carbocycles. The lowest BCUT2D eigenvalue weighted by Crippen LogP contribution is -2.41. The van der Waals surface area contributed by atoms with Gasteiger partial charge in [-0.25, -0.2) is 0 Å². The molecule has 5 heteroatoms. The normalized spacial score (nSPS) is 19.7. The van der Waals surface area contributed by atoms with Gasteiger partial charge in [-0.1, -0.05) is 0 Å². The van der Waals surface area contributed by atoms with Crippen molar-refractivity contribution in [3.63, 3.8) is 0 Å². The van der Waals surface area contributed by atoms with E-state index in [0.29, 0.717) is 13.0 Å². The minimum absolute atomic E-state index is 0.186. The van der Waals surface area contributed by atoms with Crippen LogP contribution in [0.25, 0.3) is 0 Å². The van der Waals surface area contributed by atoms with Crippen LogP contribution < -0.4 is 0 Å². The molecule has 0 spiro atoms. The average Bonchev–Trinajstić information content (AvgIpc) is 2.74. The molecule has 1 aromatic heterocycles. The lowest BCUT2D eigenvalue weighted by Gasteiger charge is -2.31. The van der Waals surface area contributed by atoms with Gasteiger partial charge in [0.05, 0.1) is 5.69 Å². The van der Waals surface area contributed by atoms with Crippen molar-refractivity contribution in [1.82, 2.24) is 14.7 Å². The highest BCUT2D eigenvalue weighted by molar-refractivity contribution is 5.76. The summed E-state index contributed by atoms with van der Waals surface area (Å²) in [6, 6.07) is 0. The van der Waals surface area contributed by atoms with E-state index in [4.69, 9.17) is 0 Å². The third-order valence-corrected chi connectivity index (χ3v) is 3.85. The summed E-state index contributed by atoms with van der Waals surface area (Å²) < 4.78 is 1.79. The van der Waals surface area contributed by atoms with Crippen LogP contribution >= 0.6 is 0 Å². The molecule has 1 saturated heterocycles. The molecule has 106 valence electrons. The summed E-state index contributed by atoms with van der Waals surface area (Å²) >= 11 is 0. The molecule has 1 aliphatic heterocycles. The summed E-state index contributed by atoms with van der Waals surface area (Å²) in [6.45, 7) is 3.71. The first-order valence-electron chi connectivity index (χ1n) is 6.98. The van der Waals surface area contributed by atoms with Crippen molar-refractivity contribution >= 4 is 5.91 Å². The summed E-state index contributed by atoms with van der Waals surface area (Å²) in [4.78, 5) is 14.1. The van der Waals surface area contributed by atoms with Crippen molar-refractivity contribution in [2.24, 2.45) is 13.0 Å². The van der Waals surface area contributed by atoms with Crippen LogP contribution in [0.4, 0.5) is 0 Å². The van der Waals surface area contributed by atoms with Crippen molar-refractivity contribution in [3.05, 3.63) is 17.5 Å². The van der Waals surface area contributed by atoms with E-state index >= 15 is 0 Å². The summed E-state index contributed by atoms with van der Waals surface area (Å²) in [5, 5.41) is 13.5. The summed E-state index contributed by atoms with van der Waals surface area (Å²) in [7, 11) is 1.90. The number of aliphatic hydroxyl groups is 1. The first-order chi connectivity index (χ1) is 9.10. The zero-order valence-corrected chi connectivity index (χ0v) is 11.8. The van der Waals surface area contributed by atoms with Crippen LogP contribution in [0.5, 0.6) is 0 Å². The molecule has 2 heterocycles. The van der Waals surface area contributed by atoms with E-state index in [0.717, 1.165) is 37.1 Å². The van der Waals surface area contributed by atoms with Crippen molar-refractivity contribution in [2.45, 2.75) is 32.6 Å². The quantitative estimate of drug-likeness (QED) is 0.879. The van der Waals surface area contributed by atoms with E-state index in [1.807, 2.05) is 25.1 Å². The Labute approximate surface area is 114 Å². The third-order valence-electron chi connectivity index (χ3n) is 3.85. The maximum absolute atomic E-state index is 12.2. The number of aromatic nitrogens is 2. The Morgan fingerprint density at radius 1 is 1.58 bits per heavy atom. The molecule has 0 saturated carbocycles. The fraction of sp³-hybridized carbons (Fsp3) is 0.714. The Morgan fingerprint density at radius 3 is 3.00 bits per heavy atom. The monoisotopic (exact) mass is 265 g/mol. The number of nitrogens with zero attached hydrogens (tertiary/aromatic N) is 3. The molecule has 0 radical (unpaired) electrons. The number of hydrogen-bond acceptors (Lipinski definition) is 3. The van der Waals surface area contributed by atoms with Gasteiger partial charge in [-0.2, -0.15) is 5.10 Å². The van der Waals surface area contributed by atoms with E-state index in [-0.39, 0.29) is 18.4 Å². The molecule has 2 rings (SSSR count). The van der Waals surface area contributed by atoms with Crippen LogP contribution in [-0.2, 0) is 18.3 Å². The second-order valence-corrected chi connectivity index (χ2v) is 5.44. The molecule has 19 heavy (non-hydrogen) atoms. The molecule has 1 N–H and O–H groups in total. The summed E-state index contributed by atoms with van der Waals surface area (Å²) in [5.41, 5.74) is 2.15. The molecular formula is C14H23N3O2. The molecule has 1 amide bonds. The maximum Gasteiger partial charge on any atom is 0.222 e.